The van der Waals surface area contributed by atoms with Gasteiger partial charge in [0.25, 0.3) is 0 Å². The predicted octanol–water partition coefficient (Wildman–Crippen LogP) is 4.07. The molecule has 0 radical (unpaired) electrons. The average Bonchev–Trinajstić information content (AvgIpc) is 2.32. The Morgan fingerprint density at radius 3 is 2.47 bits per heavy atom. The minimum absolute atomic E-state index is 0.433. The zero-order valence-corrected chi connectivity index (χ0v) is 12.7. The van der Waals surface area contributed by atoms with E-state index in [1.165, 1.54) is 31.2 Å². The maximum absolute atomic E-state index is 9.80. The van der Waals surface area contributed by atoms with E-state index in [1.54, 1.807) is 0 Å². The van der Waals surface area contributed by atoms with Gasteiger partial charge in [-0.2, -0.15) is 0 Å². The first-order valence-electron chi connectivity index (χ1n) is 7.40. The Labute approximate surface area is 117 Å². The lowest BCUT2D eigenvalue weighted by molar-refractivity contribution is 0.198. The zero-order valence-electron chi connectivity index (χ0n) is 12.7. The third kappa shape index (κ3) is 3.73. The quantitative estimate of drug-likeness (QED) is 0.859. The Balaban J connectivity index is 1.95. The zero-order chi connectivity index (χ0) is 14.0. The van der Waals surface area contributed by atoms with Gasteiger partial charge in [0, 0.05) is 12.6 Å². The molecule has 19 heavy (non-hydrogen) atoms. The lowest BCUT2D eigenvalue weighted by Gasteiger charge is -2.35. The van der Waals surface area contributed by atoms with Crippen molar-refractivity contribution >= 4 is 0 Å². The molecule has 106 valence electrons. The van der Waals surface area contributed by atoms with Crippen LogP contribution in [-0.2, 0) is 6.54 Å². The van der Waals surface area contributed by atoms with Crippen LogP contribution in [0, 0.1) is 19.3 Å². The van der Waals surface area contributed by atoms with Gasteiger partial charge in [0.1, 0.15) is 5.75 Å². The monoisotopic (exact) mass is 261 g/mol. The molecule has 1 aromatic carbocycles. The van der Waals surface area contributed by atoms with Gasteiger partial charge in [-0.05, 0) is 55.2 Å². The van der Waals surface area contributed by atoms with E-state index in [-0.39, 0.29) is 0 Å². The van der Waals surface area contributed by atoms with Crippen molar-refractivity contribution in [2.24, 2.45) is 5.41 Å². The topological polar surface area (TPSA) is 32.3 Å². The second-order valence-electron chi connectivity index (χ2n) is 6.92. The highest BCUT2D eigenvalue weighted by molar-refractivity contribution is 5.42. The van der Waals surface area contributed by atoms with E-state index in [0.29, 0.717) is 17.2 Å². The highest BCUT2D eigenvalue weighted by Crippen LogP contribution is 2.35. The molecule has 2 heteroatoms. The molecular weight excluding hydrogens is 234 g/mol. The van der Waals surface area contributed by atoms with E-state index >= 15 is 0 Å². The highest BCUT2D eigenvalue weighted by Gasteiger charge is 2.27. The van der Waals surface area contributed by atoms with Gasteiger partial charge in [-0.3, -0.25) is 0 Å². The van der Waals surface area contributed by atoms with Crippen molar-refractivity contribution in [3.63, 3.8) is 0 Å². The molecule has 0 saturated heterocycles. The van der Waals surface area contributed by atoms with Crippen molar-refractivity contribution in [2.75, 3.05) is 0 Å². The van der Waals surface area contributed by atoms with Gasteiger partial charge >= 0.3 is 0 Å². The van der Waals surface area contributed by atoms with E-state index in [2.05, 4.69) is 31.3 Å². The molecule has 0 amide bonds. The summed E-state index contributed by atoms with van der Waals surface area (Å²) in [4.78, 5) is 0. The number of nitrogens with one attached hydrogen (secondary N) is 1. The lowest BCUT2D eigenvalue weighted by Crippen LogP contribution is -2.36. The number of rotatable bonds is 3. The first kappa shape index (κ1) is 14.4. The number of aryl methyl sites for hydroxylation is 2. The van der Waals surface area contributed by atoms with Gasteiger partial charge in [-0.1, -0.05) is 32.4 Å². The molecule has 0 spiro atoms. The van der Waals surface area contributed by atoms with Crippen LogP contribution in [0.3, 0.4) is 0 Å². The smallest absolute Gasteiger partial charge is 0.121 e. The molecule has 0 heterocycles. The van der Waals surface area contributed by atoms with Crippen LogP contribution >= 0.6 is 0 Å². The highest BCUT2D eigenvalue weighted by atomic mass is 16.3. The Morgan fingerprint density at radius 1 is 1.26 bits per heavy atom. The molecule has 1 aliphatic rings. The van der Waals surface area contributed by atoms with E-state index in [1.807, 2.05) is 13.8 Å². The fraction of sp³-hybridized carbons (Fsp3) is 0.647. The Hall–Kier alpha value is -1.02. The summed E-state index contributed by atoms with van der Waals surface area (Å²) in [5.74, 6) is 0.433. The van der Waals surface area contributed by atoms with Gasteiger partial charge < -0.3 is 10.4 Å². The summed E-state index contributed by atoms with van der Waals surface area (Å²) < 4.78 is 0. The summed E-state index contributed by atoms with van der Waals surface area (Å²) in [5, 5.41) is 13.5. The molecule has 1 aromatic rings. The van der Waals surface area contributed by atoms with Crippen LogP contribution in [0.5, 0.6) is 5.75 Å². The van der Waals surface area contributed by atoms with Crippen LogP contribution in [0.2, 0.25) is 0 Å². The van der Waals surface area contributed by atoms with Gasteiger partial charge in [-0.25, -0.2) is 0 Å². The Bertz CT molecular complexity index is 428. The summed E-state index contributed by atoms with van der Waals surface area (Å²) in [5.41, 5.74) is 3.70. The van der Waals surface area contributed by atoms with Crippen molar-refractivity contribution in [1.82, 2.24) is 5.32 Å². The summed E-state index contributed by atoms with van der Waals surface area (Å²) in [6.45, 7) is 9.58. The molecular formula is C17H27NO. The van der Waals surface area contributed by atoms with Crippen LogP contribution < -0.4 is 5.32 Å². The van der Waals surface area contributed by atoms with E-state index in [0.717, 1.165) is 17.7 Å². The molecule has 0 aliphatic heterocycles. The minimum atomic E-state index is 0.433. The van der Waals surface area contributed by atoms with Gasteiger partial charge in [0.15, 0.2) is 0 Å². The number of phenols is 1. The normalized spacial score (nSPS) is 22.4. The number of benzene rings is 1. The Morgan fingerprint density at radius 2 is 1.89 bits per heavy atom. The fourth-order valence-corrected chi connectivity index (χ4v) is 3.28. The number of aromatic hydroxyl groups is 1. The van der Waals surface area contributed by atoms with Crippen molar-refractivity contribution in [1.29, 1.82) is 0 Å². The summed E-state index contributed by atoms with van der Waals surface area (Å²) in [7, 11) is 0. The van der Waals surface area contributed by atoms with Crippen molar-refractivity contribution < 1.29 is 5.11 Å². The molecule has 2 nitrogen and oxygen atoms in total. The summed E-state index contributed by atoms with van der Waals surface area (Å²) in [6, 6.07) is 4.81. The lowest BCUT2D eigenvalue weighted by atomic mass is 9.75. The molecule has 1 aliphatic carbocycles. The predicted molar refractivity (Wildman–Crippen MR) is 80.5 cm³/mol. The van der Waals surface area contributed by atoms with E-state index < -0.39 is 0 Å². The molecule has 2 rings (SSSR count). The Kier molecular flexibility index (Phi) is 4.19. The molecule has 2 N–H and O–H groups in total. The second-order valence-corrected chi connectivity index (χ2v) is 6.92. The van der Waals surface area contributed by atoms with Crippen molar-refractivity contribution in [2.45, 2.75) is 66.0 Å². The maximum atomic E-state index is 9.80. The second kappa shape index (κ2) is 5.54. The first-order chi connectivity index (χ1) is 8.87. The van der Waals surface area contributed by atoms with Crippen molar-refractivity contribution in [3.8, 4) is 5.75 Å². The van der Waals surface area contributed by atoms with E-state index in [9.17, 15) is 5.11 Å². The third-order valence-electron chi connectivity index (χ3n) is 4.35. The largest absolute Gasteiger partial charge is 0.507 e. The van der Waals surface area contributed by atoms with Gasteiger partial charge in [0.05, 0.1) is 0 Å². The third-order valence-corrected chi connectivity index (χ3v) is 4.35. The summed E-state index contributed by atoms with van der Waals surface area (Å²) in [6.07, 6.45) is 5.24. The molecule has 1 unspecified atom stereocenters. The molecule has 0 bridgehead atoms. The van der Waals surface area contributed by atoms with Crippen LogP contribution in [0.15, 0.2) is 12.1 Å². The first-order valence-corrected chi connectivity index (χ1v) is 7.40. The summed E-state index contributed by atoms with van der Waals surface area (Å²) >= 11 is 0. The minimum Gasteiger partial charge on any atom is -0.507 e. The van der Waals surface area contributed by atoms with Crippen LogP contribution in [0.4, 0.5) is 0 Å². The SMILES string of the molecule is Cc1cc(CNC2CCCC(C)(C)C2)cc(C)c1O. The molecule has 1 atom stereocenters. The average molecular weight is 261 g/mol. The standard InChI is InChI=1S/C17H27NO/c1-12-8-14(9-13(2)16(12)19)11-18-15-6-5-7-17(3,4)10-15/h8-9,15,18-19H,5-7,10-11H2,1-4H3. The van der Waals surface area contributed by atoms with Crippen LogP contribution in [0.25, 0.3) is 0 Å². The number of phenolic OH excluding ortho intramolecular Hbond substituents is 1. The maximum Gasteiger partial charge on any atom is 0.121 e. The molecule has 0 aromatic heterocycles. The molecule has 1 saturated carbocycles. The van der Waals surface area contributed by atoms with Crippen molar-refractivity contribution in [3.05, 3.63) is 28.8 Å². The molecule has 1 fully saturated rings. The number of hydrogen-bond donors (Lipinski definition) is 2. The number of hydrogen-bond acceptors (Lipinski definition) is 2. The van der Waals surface area contributed by atoms with E-state index in [4.69, 9.17) is 0 Å². The van der Waals surface area contributed by atoms with Gasteiger partial charge in [-0.15, -0.1) is 0 Å². The van der Waals surface area contributed by atoms with Crippen LogP contribution in [0.1, 0.15) is 56.2 Å². The van der Waals surface area contributed by atoms with Crippen LogP contribution in [-0.4, -0.2) is 11.1 Å². The fourth-order valence-electron chi connectivity index (χ4n) is 3.28. The van der Waals surface area contributed by atoms with Gasteiger partial charge in [0.2, 0.25) is 0 Å².